The molecule has 0 aromatic heterocycles. The summed E-state index contributed by atoms with van der Waals surface area (Å²) in [5.74, 6) is 0.0965. The van der Waals surface area contributed by atoms with Crippen LogP contribution in [-0.4, -0.2) is 92.6 Å². The number of nitrogens with one attached hydrogen (secondary N) is 4. The summed E-state index contributed by atoms with van der Waals surface area (Å²) in [6.45, 7) is 4.08. The van der Waals surface area contributed by atoms with Gasteiger partial charge in [0.2, 0.25) is 11.8 Å². The molecule has 13 heteroatoms. The number of carbonyl (C=O) groups excluding carboxylic acids is 3. The number of piperidine rings is 1. The minimum Gasteiger partial charge on any atom is -0.469 e. The van der Waals surface area contributed by atoms with Crippen molar-refractivity contribution >= 4 is 41.1 Å². The standard InChI is InChI=1S/C37H53F2N7O4/c1-25(47)45-19-15-32(43-28-13-17-44(18-14-28)34(48)11-7-5-4-6-8-12-35(49)50-3)31(24-45)37(41)46-16-9-10-26-20-29(27(22-40)23-42-2)30(36(38)39)21-33(26)46/h20-23,28,36,40-43H,4-19,24H2,1-3H3/b27-23+,40-22?,41-37?. The number of alkyl halides is 2. The molecule has 50 heavy (non-hydrogen) atoms. The maximum atomic E-state index is 14.4. The fourth-order valence-electron chi connectivity index (χ4n) is 7.09. The highest BCUT2D eigenvalue weighted by atomic mass is 19.3. The predicted octanol–water partition coefficient (Wildman–Crippen LogP) is 5.55. The van der Waals surface area contributed by atoms with Gasteiger partial charge >= 0.3 is 5.97 Å². The number of anilines is 1. The van der Waals surface area contributed by atoms with Gasteiger partial charge in [-0.05, 0) is 61.8 Å². The number of amidine groups is 1. The van der Waals surface area contributed by atoms with Crippen LogP contribution in [0.5, 0.6) is 0 Å². The van der Waals surface area contributed by atoms with E-state index in [1.54, 1.807) is 22.9 Å². The lowest BCUT2D eigenvalue weighted by Crippen LogP contribution is -2.48. The number of hydrogen-bond acceptors (Lipinski definition) is 8. The normalized spacial score (nSPS) is 17.1. The van der Waals surface area contributed by atoms with E-state index in [1.165, 1.54) is 26.3 Å². The van der Waals surface area contributed by atoms with E-state index in [9.17, 15) is 28.6 Å². The van der Waals surface area contributed by atoms with Gasteiger partial charge in [-0.1, -0.05) is 19.3 Å². The van der Waals surface area contributed by atoms with Gasteiger partial charge in [-0.25, -0.2) is 8.78 Å². The Morgan fingerprint density at radius 2 is 1.70 bits per heavy atom. The van der Waals surface area contributed by atoms with Crippen LogP contribution in [0.15, 0.2) is 29.6 Å². The third-order valence-electron chi connectivity index (χ3n) is 9.94. The molecular formula is C37H53F2N7O4. The fourth-order valence-corrected chi connectivity index (χ4v) is 7.09. The first-order valence-electron chi connectivity index (χ1n) is 17.9. The molecule has 0 aliphatic carbocycles. The number of nitrogens with zero attached hydrogens (tertiary/aromatic N) is 3. The van der Waals surface area contributed by atoms with Crippen LogP contribution in [0.1, 0.15) is 101 Å². The lowest BCUT2D eigenvalue weighted by Gasteiger charge is -2.39. The lowest BCUT2D eigenvalue weighted by molar-refractivity contribution is -0.140. The quantitative estimate of drug-likeness (QED) is 0.0815. The monoisotopic (exact) mass is 697 g/mol. The Labute approximate surface area is 294 Å². The average molecular weight is 698 g/mol. The molecule has 0 radical (unpaired) electrons. The van der Waals surface area contributed by atoms with Crippen LogP contribution in [0.25, 0.3) is 5.57 Å². The maximum Gasteiger partial charge on any atom is 0.305 e. The number of carbonyl (C=O) groups is 3. The molecule has 3 aliphatic rings. The third kappa shape index (κ3) is 9.91. The zero-order valence-corrected chi connectivity index (χ0v) is 29.7. The SMILES string of the molecule is CN/C=C(\C=N)c1cc2c(cc1C(F)F)N(C(=N)C1=C(NC3CCN(C(=O)CCCCCCCC(=O)OC)CC3)CCN(C(C)=O)C1)CCC2. The van der Waals surface area contributed by atoms with E-state index < -0.39 is 6.43 Å². The molecule has 0 spiro atoms. The Balaban J connectivity index is 1.43. The number of unbranched alkanes of at least 4 members (excludes halogenated alkanes) is 4. The minimum atomic E-state index is -2.77. The highest BCUT2D eigenvalue weighted by Crippen LogP contribution is 2.38. The molecule has 11 nitrogen and oxygen atoms in total. The second kappa shape index (κ2) is 18.6. The van der Waals surface area contributed by atoms with Crippen molar-refractivity contribution in [1.29, 1.82) is 10.8 Å². The van der Waals surface area contributed by atoms with E-state index in [0.29, 0.717) is 74.3 Å². The van der Waals surface area contributed by atoms with Crippen LogP contribution in [0.4, 0.5) is 14.5 Å². The van der Waals surface area contributed by atoms with Gasteiger partial charge in [0.15, 0.2) is 0 Å². The molecule has 0 atom stereocenters. The Kier molecular flexibility index (Phi) is 14.4. The number of rotatable bonds is 15. The van der Waals surface area contributed by atoms with Crippen molar-refractivity contribution in [3.05, 3.63) is 46.3 Å². The molecule has 4 rings (SSSR count). The molecular weight excluding hydrogens is 644 g/mol. The molecule has 1 fully saturated rings. The molecule has 4 N–H and O–H groups in total. The third-order valence-corrected chi connectivity index (χ3v) is 9.94. The summed E-state index contributed by atoms with van der Waals surface area (Å²) in [6, 6.07) is 3.30. The zero-order valence-electron chi connectivity index (χ0n) is 29.7. The first kappa shape index (κ1) is 38.5. The Morgan fingerprint density at radius 3 is 2.34 bits per heavy atom. The van der Waals surface area contributed by atoms with Crippen LogP contribution in [-0.2, 0) is 25.5 Å². The Bertz CT molecular complexity index is 1470. The van der Waals surface area contributed by atoms with Crippen LogP contribution in [0.3, 0.4) is 0 Å². The van der Waals surface area contributed by atoms with Crippen molar-refractivity contribution in [1.82, 2.24) is 20.4 Å². The maximum absolute atomic E-state index is 14.4. The van der Waals surface area contributed by atoms with Gasteiger partial charge in [0, 0.05) is 106 Å². The highest BCUT2D eigenvalue weighted by Gasteiger charge is 2.32. The number of hydrogen-bond donors (Lipinski definition) is 4. The number of fused-ring (bicyclic) bond motifs is 1. The minimum absolute atomic E-state index is 0.0819. The molecule has 1 aromatic carbocycles. The van der Waals surface area contributed by atoms with E-state index in [4.69, 9.17) is 5.41 Å². The zero-order chi connectivity index (χ0) is 36.2. The summed E-state index contributed by atoms with van der Waals surface area (Å²) in [5, 5.41) is 23.7. The number of halogens is 2. The fraction of sp³-hybridized carbons (Fsp3) is 0.595. The van der Waals surface area contributed by atoms with Gasteiger partial charge in [-0.3, -0.25) is 19.8 Å². The van der Waals surface area contributed by atoms with Gasteiger partial charge in [0.1, 0.15) is 5.84 Å². The Hall–Kier alpha value is -4.29. The molecule has 1 aromatic rings. The topological polar surface area (TPSA) is 142 Å². The average Bonchev–Trinajstić information content (AvgIpc) is 3.12. The first-order valence-corrected chi connectivity index (χ1v) is 17.9. The second-order valence-corrected chi connectivity index (χ2v) is 13.3. The molecule has 0 unspecified atom stereocenters. The predicted molar refractivity (Wildman–Crippen MR) is 192 cm³/mol. The largest absolute Gasteiger partial charge is 0.469 e. The molecule has 3 heterocycles. The number of benzene rings is 1. The summed E-state index contributed by atoms with van der Waals surface area (Å²) in [6.07, 6.45) is 8.78. The first-order chi connectivity index (χ1) is 24.1. The van der Waals surface area contributed by atoms with Gasteiger partial charge in [-0.2, -0.15) is 0 Å². The van der Waals surface area contributed by atoms with Gasteiger partial charge < -0.3 is 35.5 Å². The van der Waals surface area contributed by atoms with E-state index in [-0.39, 0.29) is 41.8 Å². The van der Waals surface area contributed by atoms with E-state index in [2.05, 4.69) is 15.4 Å². The molecule has 1 saturated heterocycles. The number of methoxy groups -OCH3 is 1. The molecule has 2 amide bonds. The Morgan fingerprint density at radius 1 is 1.00 bits per heavy atom. The lowest BCUT2D eigenvalue weighted by atomic mass is 9.91. The van der Waals surface area contributed by atoms with Crippen molar-refractivity contribution in [2.24, 2.45) is 0 Å². The molecule has 0 saturated carbocycles. The van der Waals surface area contributed by atoms with Crippen molar-refractivity contribution in [3.8, 4) is 0 Å². The van der Waals surface area contributed by atoms with Crippen LogP contribution in [0, 0.1) is 10.8 Å². The van der Waals surface area contributed by atoms with Crippen molar-refractivity contribution in [2.45, 2.75) is 96.4 Å². The van der Waals surface area contributed by atoms with Crippen LogP contribution < -0.4 is 15.5 Å². The number of amides is 2. The number of esters is 1. The van der Waals surface area contributed by atoms with E-state index >= 15 is 0 Å². The smallest absolute Gasteiger partial charge is 0.305 e. The van der Waals surface area contributed by atoms with Crippen molar-refractivity contribution < 1.29 is 27.9 Å². The van der Waals surface area contributed by atoms with Crippen molar-refractivity contribution in [2.75, 3.05) is 51.8 Å². The summed E-state index contributed by atoms with van der Waals surface area (Å²) in [5.41, 5.74) is 3.45. The summed E-state index contributed by atoms with van der Waals surface area (Å²) in [4.78, 5) is 42.0. The van der Waals surface area contributed by atoms with Crippen LogP contribution in [0.2, 0.25) is 0 Å². The van der Waals surface area contributed by atoms with Gasteiger partial charge in [0.25, 0.3) is 6.43 Å². The number of aryl methyl sites for hydroxylation is 1. The highest BCUT2D eigenvalue weighted by molar-refractivity contribution is 6.11. The van der Waals surface area contributed by atoms with Crippen molar-refractivity contribution in [3.63, 3.8) is 0 Å². The van der Waals surface area contributed by atoms with Gasteiger partial charge in [0.05, 0.1) is 13.7 Å². The van der Waals surface area contributed by atoms with E-state index in [1.807, 2.05) is 4.90 Å². The second-order valence-electron chi connectivity index (χ2n) is 13.3. The molecule has 0 bridgehead atoms. The van der Waals surface area contributed by atoms with Crippen LogP contribution >= 0.6 is 0 Å². The van der Waals surface area contributed by atoms with Gasteiger partial charge in [-0.15, -0.1) is 0 Å². The number of allylic oxidation sites excluding steroid dienone is 1. The summed E-state index contributed by atoms with van der Waals surface area (Å²) in [7, 11) is 3.06. The summed E-state index contributed by atoms with van der Waals surface area (Å²) < 4.78 is 33.5. The molecule has 3 aliphatic heterocycles. The number of ether oxygens (including phenoxy) is 1. The molecule has 274 valence electrons. The number of likely N-dealkylation sites (tertiary alicyclic amines) is 1. The summed E-state index contributed by atoms with van der Waals surface area (Å²) >= 11 is 0. The van der Waals surface area contributed by atoms with E-state index in [0.717, 1.165) is 68.8 Å².